The maximum atomic E-state index is 10.0. The molecule has 0 aromatic heterocycles. The van der Waals surface area contributed by atoms with Gasteiger partial charge in [0.2, 0.25) is 0 Å². The van der Waals surface area contributed by atoms with Crippen LogP contribution < -0.4 is 0 Å². The van der Waals surface area contributed by atoms with Gasteiger partial charge >= 0.3 is 0 Å². The van der Waals surface area contributed by atoms with Crippen LogP contribution in [-0.4, -0.2) is 35.7 Å². The van der Waals surface area contributed by atoms with E-state index in [1.807, 2.05) is 0 Å². The molecular weight excluding hydrogens is 186 g/mol. The standard InChI is InChI=1S/C13H27NO/c1-10-6-7-12(15)11(8-10)14(5)9-13(2,3)4/h10-12,15H,6-9H2,1-5H3. The molecule has 1 fully saturated rings. The molecule has 0 radical (unpaired) electrons. The van der Waals surface area contributed by atoms with E-state index in [4.69, 9.17) is 0 Å². The molecule has 0 bridgehead atoms. The second-order valence-corrected chi connectivity index (χ2v) is 6.53. The van der Waals surface area contributed by atoms with E-state index in [9.17, 15) is 5.11 Å². The third-order valence-electron chi connectivity index (χ3n) is 3.33. The number of likely N-dealkylation sites (N-methyl/N-ethyl adjacent to an activating group) is 1. The average molecular weight is 213 g/mol. The smallest absolute Gasteiger partial charge is 0.0695 e. The maximum absolute atomic E-state index is 10.0. The van der Waals surface area contributed by atoms with Crippen LogP contribution in [0.15, 0.2) is 0 Å². The Morgan fingerprint density at radius 1 is 1.27 bits per heavy atom. The molecule has 90 valence electrons. The summed E-state index contributed by atoms with van der Waals surface area (Å²) in [6.07, 6.45) is 3.18. The van der Waals surface area contributed by atoms with Crippen molar-refractivity contribution < 1.29 is 5.11 Å². The molecule has 0 saturated heterocycles. The number of aliphatic hydroxyl groups excluding tert-OH is 1. The van der Waals surface area contributed by atoms with Crippen molar-refractivity contribution in [3.05, 3.63) is 0 Å². The quantitative estimate of drug-likeness (QED) is 0.762. The molecule has 0 spiro atoms. The highest BCUT2D eigenvalue weighted by atomic mass is 16.3. The molecule has 3 atom stereocenters. The molecule has 1 N–H and O–H groups in total. The van der Waals surface area contributed by atoms with Gasteiger partial charge in [0.25, 0.3) is 0 Å². The van der Waals surface area contributed by atoms with Gasteiger partial charge in [-0.05, 0) is 37.6 Å². The van der Waals surface area contributed by atoms with Crippen LogP contribution in [0.3, 0.4) is 0 Å². The van der Waals surface area contributed by atoms with Gasteiger partial charge in [0.05, 0.1) is 6.10 Å². The molecule has 2 nitrogen and oxygen atoms in total. The zero-order chi connectivity index (χ0) is 11.6. The molecule has 0 aromatic rings. The SMILES string of the molecule is CC1CCC(O)C(N(C)CC(C)(C)C)C1. The van der Waals surface area contributed by atoms with Gasteiger partial charge in [0, 0.05) is 12.6 Å². The van der Waals surface area contributed by atoms with Gasteiger partial charge < -0.3 is 10.0 Å². The zero-order valence-electron chi connectivity index (χ0n) is 11.0. The van der Waals surface area contributed by atoms with Gasteiger partial charge in [0.15, 0.2) is 0 Å². The summed E-state index contributed by atoms with van der Waals surface area (Å²) in [4.78, 5) is 2.35. The number of nitrogens with zero attached hydrogens (tertiary/aromatic N) is 1. The van der Waals surface area contributed by atoms with Crippen LogP contribution in [0.4, 0.5) is 0 Å². The van der Waals surface area contributed by atoms with Crippen LogP contribution in [0.5, 0.6) is 0 Å². The van der Waals surface area contributed by atoms with Crippen molar-refractivity contribution in [1.82, 2.24) is 4.90 Å². The first kappa shape index (κ1) is 13.0. The zero-order valence-corrected chi connectivity index (χ0v) is 11.0. The van der Waals surface area contributed by atoms with Gasteiger partial charge in [-0.2, -0.15) is 0 Å². The van der Waals surface area contributed by atoms with E-state index in [0.29, 0.717) is 11.5 Å². The Morgan fingerprint density at radius 2 is 1.87 bits per heavy atom. The Kier molecular flexibility index (Phi) is 4.19. The van der Waals surface area contributed by atoms with Gasteiger partial charge in [-0.15, -0.1) is 0 Å². The highest BCUT2D eigenvalue weighted by Crippen LogP contribution is 2.28. The summed E-state index contributed by atoms with van der Waals surface area (Å²) in [7, 11) is 2.15. The Hall–Kier alpha value is -0.0800. The Bertz CT molecular complexity index is 197. The lowest BCUT2D eigenvalue weighted by Gasteiger charge is -2.40. The largest absolute Gasteiger partial charge is 0.391 e. The molecule has 2 heteroatoms. The first-order chi connectivity index (χ1) is 6.79. The van der Waals surface area contributed by atoms with Gasteiger partial charge in [0.1, 0.15) is 0 Å². The summed E-state index contributed by atoms with van der Waals surface area (Å²) >= 11 is 0. The van der Waals surface area contributed by atoms with E-state index in [1.54, 1.807) is 0 Å². The van der Waals surface area contributed by atoms with Crippen molar-refractivity contribution in [2.45, 2.75) is 59.1 Å². The topological polar surface area (TPSA) is 23.5 Å². The van der Waals surface area contributed by atoms with Gasteiger partial charge in [-0.1, -0.05) is 27.7 Å². The second-order valence-electron chi connectivity index (χ2n) is 6.53. The highest BCUT2D eigenvalue weighted by Gasteiger charge is 2.31. The van der Waals surface area contributed by atoms with Crippen LogP contribution in [0, 0.1) is 11.3 Å². The summed E-state index contributed by atoms with van der Waals surface area (Å²) in [6.45, 7) is 10.1. The number of hydrogen-bond donors (Lipinski definition) is 1. The average Bonchev–Trinajstić information content (AvgIpc) is 2.06. The van der Waals surface area contributed by atoms with Crippen molar-refractivity contribution in [1.29, 1.82) is 0 Å². The fourth-order valence-corrected chi connectivity index (χ4v) is 2.67. The third kappa shape index (κ3) is 4.12. The number of aliphatic hydroxyl groups is 1. The van der Waals surface area contributed by atoms with Gasteiger partial charge in [-0.3, -0.25) is 0 Å². The van der Waals surface area contributed by atoms with Crippen LogP contribution in [-0.2, 0) is 0 Å². The predicted octanol–water partition coefficient (Wildman–Crippen LogP) is 2.51. The molecule has 15 heavy (non-hydrogen) atoms. The van der Waals surface area contributed by atoms with Crippen LogP contribution in [0.25, 0.3) is 0 Å². The van der Waals surface area contributed by atoms with Crippen LogP contribution >= 0.6 is 0 Å². The minimum absolute atomic E-state index is 0.117. The molecule has 0 heterocycles. The lowest BCUT2D eigenvalue weighted by Crippen LogP contribution is -2.47. The summed E-state index contributed by atoms with van der Waals surface area (Å²) in [5.41, 5.74) is 0.315. The molecule has 1 aliphatic rings. The van der Waals surface area contributed by atoms with Crippen molar-refractivity contribution in [2.75, 3.05) is 13.6 Å². The van der Waals surface area contributed by atoms with Crippen molar-refractivity contribution >= 4 is 0 Å². The van der Waals surface area contributed by atoms with E-state index in [1.165, 1.54) is 6.42 Å². The van der Waals surface area contributed by atoms with E-state index in [-0.39, 0.29) is 6.10 Å². The second kappa shape index (κ2) is 4.84. The molecule has 0 aromatic carbocycles. The molecular formula is C13H27NO. The molecule has 3 unspecified atom stereocenters. The van der Waals surface area contributed by atoms with E-state index in [0.717, 1.165) is 25.3 Å². The Morgan fingerprint density at radius 3 is 2.40 bits per heavy atom. The summed E-state index contributed by atoms with van der Waals surface area (Å²) in [5.74, 6) is 0.765. The fourth-order valence-electron chi connectivity index (χ4n) is 2.67. The first-order valence-electron chi connectivity index (χ1n) is 6.18. The molecule has 0 aliphatic heterocycles. The van der Waals surface area contributed by atoms with E-state index >= 15 is 0 Å². The lowest BCUT2D eigenvalue weighted by molar-refractivity contribution is 0.00557. The van der Waals surface area contributed by atoms with Crippen LogP contribution in [0.2, 0.25) is 0 Å². The molecule has 1 aliphatic carbocycles. The van der Waals surface area contributed by atoms with Crippen molar-refractivity contribution in [3.8, 4) is 0 Å². The fraction of sp³-hybridized carbons (Fsp3) is 1.00. The third-order valence-corrected chi connectivity index (χ3v) is 3.33. The Labute approximate surface area is 94.7 Å². The van der Waals surface area contributed by atoms with Crippen molar-refractivity contribution in [3.63, 3.8) is 0 Å². The number of hydrogen-bond acceptors (Lipinski definition) is 2. The number of rotatable bonds is 2. The van der Waals surface area contributed by atoms with Crippen LogP contribution in [0.1, 0.15) is 47.0 Å². The van der Waals surface area contributed by atoms with Crippen molar-refractivity contribution in [2.24, 2.45) is 11.3 Å². The monoisotopic (exact) mass is 213 g/mol. The first-order valence-corrected chi connectivity index (χ1v) is 6.18. The molecule has 1 saturated carbocycles. The van der Waals surface area contributed by atoms with Gasteiger partial charge in [-0.25, -0.2) is 0 Å². The molecule has 1 rings (SSSR count). The maximum Gasteiger partial charge on any atom is 0.0695 e. The minimum Gasteiger partial charge on any atom is -0.391 e. The predicted molar refractivity (Wildman–Crippen MR) is 64.9 cm³/mol. The summed E-state index contributed by atoms with van der Waals surface area (Å²) in [6, 6.07) is 0.368. The molecule has 0 amide bonds. The minimum atomic E-state index is -0.117. The van der Waals surface area contributed by atoms with E-state index in [2.05, 4.69) is 39.6 Å². The Balaban J connectivity index is 2.53. The van der Waals surface area contributed by atoms with E-state index < -0.39 is 0 Å². The lowest BCUT2D eigenvalue weighted by atomic mass is 9.83. The summed E-state index contributed by atoms with van der Waals surface area (Å²) < 4.78 is 0. The highest BCUT2D eigenvalue weighted by molar-refractivity contribution is 4.85. The normalized spacial score (nSPS) is 33.4. The summed E-state index contributed by atoms with van der Waals surface area (Å²) in [5, 5.41) is 10.0.